The molecule has 154 valence electrons. The fourth-order valence-electron chi connectivity index (χ4n) is 2.92. The minimum atomic E-state index is -3.70. The van der Waals surface area contributed by atoms with Crippen molar-refractivity contribution in [3.05, 3.63) is 68.7 Å². The Bertz CT molecular complexity index is 1210. The molecule has 10 heteroatoms. The van der Waals surface area contributed by atoms with E-state index in [1.807, 2.05) is 0 Å². The van der Waals surface area contributed by atoms with Crippen LogP contribution in [0.3, 0.4) is 0 Å². The van der Waals surface area contributed by atoms with Gasteiger partial charge in [-0.2, -0.15) is 4.31 Å². The number of benzene rings is 1. The fourth-order valence-corrected chi connectivity index (χ4v) is 5.04. The molecule has 0 aliphatic heterocycles. The van der Waals surface area contributed by atoms with Gasteiger partial charge in [0.25, 0.3) is 5.56 Å². The van der Waals surface area contributed by atoms with Gasteiger partial charge in [-0.1, -0.05) is 37.0 Å². The fraction of sp³-hybridized carbons (Fsp3) is 0.263. The minimum Gasteiger partial charge on any atom is -0.379 e. The van der Waals surface area contributed by atoms with Crippen molar-refractivity contribution in [2.24, 2.45) is 0 Å². The number of rotatable bonds is 7. The largest absolute Gasteiger partial charge is 0.379 e. The lowest BCUT2D eigenvalue weighted by Gasteiger charge is -2.20. The third-order valence-corrected chi connectivity index (χ3v) is 7.16. The van der Waals surface area contributed by atoms with Crippen molar-refractivity contribution in [2.75, 3.05) is 18.4 Å². The number of fused-ring (bicyclic) bond motifs is 1. The number of sulfonamides is 1. The van der Waals surface area contributed by atoms with E-state index >= 15 is 0 Å². The third-order valence-electron chi connectivity index (χ3n) is 4.40. The highest BCUT2D eigenvalue weighted by Gasteiger charge is 2.24. The molecule has 0 atom stereocenters. The Balaban J connectivity index is 1.88. The van der Waals surface area contributed by atoms with E-state index in [1.165, 1.54) is 33.1 Å². The molecule has 0 saturated carbocycles. The van der Waals surface area contributed by atoms with Gasteiger partial charge in [0.15, 0.2) is 0 Å². The number of aromatic nitrogens is 2. The Morgan fingerprint density at radius 2 is 1.83 bits per heavy atom. The van der Waals surface area contributed by atoms with Crippen molar-refractivity contribution in [2.45, 2.75) is 25.3 Å². The van der Waals surface area contributed by atoms with Crippen LogP contribution in [-0.4, -0.2) is 35.2 Å². The van der Waals surface area contributed by atoms with Gasteiger partial charge in [-0.3, -0.25) is 9.20 Å². The lowest BCUT2D eigenvalue weighted by molar-refractivity contribution is 0.445. The number of pyridine rings is 1. The summed E-state index contributed by atoms with van der Waals surface area (Å²) in [5, 5.41) is 3.69. The maximum absolute atomic E-state index is 12.8. The highest BCUT2D eigenvalue weighted by atomic mass is 35.5. The Kier molecular flexibility index (Phi) is 6.48. The van der Waals surface area contributed by atoms with Crippen LogP contribution in [0.25, 0.3) is 5.65 Å². The summed E-state index contributed by atoms with van der Waals surface area (Å²) in [5.41, 5.74) is 1.29. The summed E-state index contributed by atoms with van der Waals surface area (Å²) in [6.45, 7) is 4.48. The normalized spacial score (nSPS) is 11.9. The molecule has 0 spiro atoms. The minimum absolute atomic E-state index is 0.0362. The molecule has 3 aromatic rings. The summed E-state index contributed by atoms with van der Waals surface area (Å²) >= 11 is 12.1. The number of hydrogen-bond acceptors (Lipinski definition) is 5. The van der Waals surface area contributed by atoms with E-state index in [0.717, 1.165) is 0 Å². The second-order valence-corrected chi connectivity index (χ2v) is 9.00. The van der Waals surface area contributed by atoms with Crippen LogP contribution in [0, 0.1) is 0 Å². The van der Waals surface area contributed by atoms with Crippen molar-refractivity contribution in [1.29, 1.82) is 0 Å². The first-order valence-corrected chi connectivity index (χ1v) is 11.2. The topological polar surface area (TPSA) is 83.8 Å². The van der Waals surface area contributed by atoms with Gasteiger partial charge in [0, 0.05) is 31.0 Å². The first-order chi connectivity index (χ1) is 13.8. The summed E-state index contributed by atoms with van der Waals surface area (Å²) in [6, 6.07) is 9.42. The molecular weight excluding hydrogens is 435 g/mol. The second-order valence-electron chi connectivity index (χ2n) is 6.25. The van der Waals surface area contributed by atoms with Crippen LogP contribution < -0.4 is 10.9 Å². The molecule has 0 radical (unpaired) electrons. The highest BCUT2D eigenvalue weighted by Crippen LogP contribution is 2.28. The van der Waals surface area contributed by atoms with E-state index in [-0.39, 0.29) is 22.0 Å². The van der Waals surface area contributed by atoms with Crippen LogP contribution in [-0.2, 0) is 16.6 Å². The van der Waals surface area contributed by atoms with E-state index in [2.05, 4.69) is 10.3 Å². The Labute approximate surface area is 179 Å². The van der Waals surface area contributed by atoms with Crippen molar-refractivity contribution >= 4 is 44.6 Å². The van der Waals surface area contributed by atoms with Crippen LogP contribution in [0.15, 0.2) is 52.3 Å². The van der Waals surface area contributed by atoms with Gasteiger partial charge in [0.1, 0.15) is 10.5 Å². The zero-order valence-corrected chi connectivity index (χ0v) is 18.2. The van der Waals surface area contributed by atoms with Crippen LogP contribution >= 0.6 is 23.2 Å². The summed E-state index contributed by atoms with van der Waals surface area (Å²) in [5.74, 6) is 0. The van der Waals surface area contributed by atoms with E-state index < -0.39 is 10.0 Å². The van der Waals surface area contributed by atoms with Crippen LogP contribution in [0.4, 0.5) is 5.69 Å². The van der Waals surface area contributed by atoms with Crippen molar-refractivity contribution in [3.63, 3.8) is 0 Å². The Morgan fingerprint density at radius 3 is 2.52 bits per heavy atom. The molecule has 2 aromatic heterocycles. The van der Waals surface area contributed by atoms with Gasteiger partial charge in [-0.15, -0.1) is 0 Å². The Hall–Kier alpha value is -2.13. The van der Waals surface area contributed by atoms with Gasteiger partial charge in [0.05, 0.1) is 22.3 Å². The van der Waals surface area contributed by atoms with Crippen LogP contribution in [0.2, 0.25) is 10.0 Å². The molecule has 0 aliphatic rings. The van der Waals surface area contributed by atoms with Crippen molar-refractivity contribution in [3.8, 4) is 0 Å². The number of nitrogens with one attached hydrogen (secondary N) is 1. The predicted octanol–water partition coefficient (Wildman–Crippen LogP) is 3.64. The molecule has 0 aliphatic carbocycles. The molecule has 1 aromatic carbocycles. The smallest absolute Gasteiger partial charge is 0.258 e. The second kappa shape index (κ2) is 8.71. The zero-order chi connectivity index (χ0) is 21.2. The van der Waals surface area contributed by atoms with E-state index in [1.54, 1.807) is 32.0 Å². The number of nitrogens with zero attached hydrogens (tertiary/aromatic N) is 3. The van der Waals surface area contributed by atoms with E-state index in [9.17, 15) is 13.2 Å². The lowest BCUT2D eigenvalue weighted by atomic mass is 10.3. The molecule has 7 nitrogen and oxygen atoms in total. The number of hydrogen-bond donors (Lipinski definition) is 1. The highest BCUT2D eigenvalue weighted by molar-refractivity contribution is 7.89. The Morgan fingerprint density at radius 1 is 1.10 bits per heavy atom. The molecular formula is C19H20Cl2N4O3S. The summed E-state index contributed by atoms with van der Waals surface area (Å²) < 4.78 is 28.3. The van der Waals surface area contributed by atoms with E-state index in [4.69, 9.17) is 23.2 Å². The maximum atomic E-state index is 12.8. The lowest BCUT2D eigenvalue weighted by Crippen LogP contribution is -2.30. The molecule has 2 heterocycles. The maximum Gasteiger partial charge on any atom is 0.258 e. The molecule has 0 bridgehead atoms. The van der Waals surface area contributed by atoms with Gasteiger partial charge in [-0.05, 0) is 30.3 Å². The molecule has 0 unspecified atom stereocenters. The molecule has 0 amide bonds. The zero-order valence-electron chi connectivity index (χ0n) is 15.9. The van der Waals surface area contributed by atoms with Gasteiger partial charge < -0.3 is 5.32 Å². The molecule has 3 rings (SSSR count). The molecule has 0 fully saturated rings. The molecule has 29 heavy (non-hydrogen) atoms. The van der Waals surface area contributed by atoms with Crippen LogP contribution in [0.5, 0.6) is 0 Å². The van der Waals surface area contributed by atoms with Crippen molar-refractivity contribution in [1.82, 2.24) is 13.7 Å². The standard InChI is InChI=1S/C19H20Cl2N4O3S/c1-3-24(4-2)29(27,28)17-9-14(6-7-16(17)21)22-11-15-10-19(26)25-12-13(20)5-8-18(25)23-15/h5-10,12,22H,3-4,11H2,1-2H3. The average Bonchev–Trinajstić information content (AvgIpc) is 2.68. The molecule has 0 saturated heterocycles. The summed E-state index contributed by atoms with van der Waals surface area (Å²) in [6.07, 6.45) is 1.51. The number of halogens is 2. The van der Waals surface area contributed by atoms with Crippen molar-refractivity contribution < 1.29 is 8.42 Å². The van der Waals surface area contributed by atoms with E-state index in [0.29, 0.717) is 35.1 Å². The first kappa shape index (κ1) is 21.6. The summed E-state index contributed by atoms with van der Waals surface area (Å²) in [7, 11) is -3.70. The third kappa shape index (κ3) is 4.56. The molecule has 1 N–H and O–H groups in total. The van der Waals surface area contributed by atoms with Crippen LogP contribution in [0.1, 0.15) is 19.5 Å². The van der Waals surface area contributed by atoms with Gasteiger partial charge in [0.2, 0.25) is 10.0 Å². The average molecular weight is 455 g/mol. The van der Waals surface area contributed by atoms with Gasteiger partial charge in [-0.25, -0.2) is 13.4 Å². The summed E-state index contributed by atoms with van der Waals surface area (Å²) in [4.78, 5) is 16.7. The first-order valence-electron chi connectivity index (χ1n) is 8.97. The predicted molar refractivity (Wildman–Crippen MR) is 115 cm³/mol. The SMILES string of the molecule is CCN(CC)S(=O)(=O)c1cc(NCc2cc(=O)n3cc(Cl)ccc3n2)ccc1Cl. The quantitative estimate of drug-likeness (QED) is 0.588. The monoisotopic (exact) mass is 454 g/mol. The number of anilines is 1. The van der Waals surface area contributed by atoms with Gasteiger partial charge >= 0.3 is 0 Å².